The number of rotatable bonds is 4. The van der Waals surface area contributed by atoms with Crippen molar-refractivity contribution in [3.8, 4) is 11.5 Å². The van der Waals surface area contributed by atoms with Gasteiger partial charge in [0.1, 0.15) is 0 Å². The van der Waals surface area contributed by atoms with E-state index < -0.39 is 0 Å². The Hall–Kier alpha value is -2.11. The van der Waals surface area contributed by atoms with E-state index in [1.54, 1.807) is 13.2 Å². The van der Waals surface area contributed by atoms with Gasteiger partial charge in [0.15, 0.2) is 11.5 Å². The van der Waals surface area contributed by atoms with Crippen LogP contribution in [0, 0.1) is 0 Å². The first-order chi connectivity index (χ1) is 10.8. The van der Waals surface area contributed by atoms with Crippen LogP contribution in [0.3, 0.4) is 0 Å². The lowest BCUT2D eigenvalue weighted by Gasteiger charge is -2.36. The summed E-state index contributed by atoms with van der Waals surface area (Å²) in [6.45, 7) is 3.56. The second kappa shape index (κ2) is 6.77. The van der Waals surface area contributed by atoms with Crippen molar-refractivity contribution in [2.24, 2.45) is 0 Å². The summed E-state index contributed by atoms with van der Waals surface area (Å²) in [5.74, 6) is 0.755. The number of benzene rings is 1. The number of phenolic OH excluding ortho intramolecular Hbond substituents is 1. The van der Waals surface area contributed by atoms with Crippen LogP contribution in [0.15, 0.2) is 42.7 Å². The first-order valence-electron chi connectivity index (χ1n) is 7.49. The van der Waals surface area contributed by atoms with Crippen molar-refractivity contribution < 1.29 is 9.84 Å². The van der Waals surface area contributed by atoms with E-state index in [1.165, 1.54) is 5.56 Å². The van der Waals surface area contributed by atoms with Gasteiger partial charge in [-0.3, -0.25) is 9.88 Å². The molecule has 1 fully saturated rings. The fraction of sp³-hybridized carbons (Fsp3) is 0.353. The minimum absolute atomic E-state index is 0.190. The fourth-order valence-corrected chi connectivity index (χ4v) is 3.00. The SMILES string of the molecule is COc1c(O)cccc1CN1CCNCC1c1ccncc1. The number of hydrogen-bond donors (Lipinski definition) is 2. The van der Waals surface area contributed by atoms with Crippen LogP contribution in [0.5, 0.6) is 11.5 Å². The van der Waals surface area contributed by atoms with Gasteiger partial charge in [-0.1, -0.05) is 12.1 Å². The number of methoxy groups -OCH3 is 1. The maximum absolute atomic E-state index is 9.94. The lowest BCUT2D eigenvalue weighted by atomic mass is 10.0. The van der Waals surface area contributed by atoms with Gasteiger partial charge in [-0.05, 0) is 23.8 Å². The van der Waals surface area contributed by atoms with Gasteiger partial charge in [0.05, 0.1) is 7.11 Å². The molecule has 0 aliphatic carbocycles. The highest BCUT2D eigenvalue weighted by molar-refractivity contribution is 5.45. The first kappa shape index (κ1) is 14.8. The maximum Gasteiger partial charge on any atom is 0.164 e. The highest BCUT2D eigenvalue weighted by Gasteiger charge is 2.25. The molecule has 0 spiro atoms. The Kier molecular flexibility index (Phi) is 4.56. The highest BCUT2D eigenvalue weighted by Crippen LogP contribution is 2.32. The molecule has 0 radical (unpaired) electrons. The van der Waals surface area contributed by atoms with Crippen LogP contribution in [0.25, 0.3) is 0 Å². The van der Waals surface area contributed by atoms with Crippen molar-refractivity contribution in [3.63, 3.8) is 0 Å². The van der Waals surface area contributed by atoms with E-state index in [1.807, 2.05) is 24.5 Å². The molecule has 1 aromatic heterocycles. The summed E-state index contributed by atoms with van der Waals surface area (Å²) in [6, 6.07) is 9.93. The number of pyridine rings is 1. The molecule has 2 heterocycles. The molecule has 2 aromatic rings. The van der Waals surface area contributed by atoms with E-state index in [0.717, 1.165) is 31.7 Å². The van der Waals surface area contributed by atoms with E-state index in [0.29, 0.717) is 11.8 Å². The summed E-state index contributed by atoms with van der Waals surface area (Å²) in [4.78, 5) is 6.50. The number of nitrogens with zero attached hydrogens (tertiary/aromatic N) is 2. The number of aromatic nitrogens is 1. The van der Waals surface area contributed by atoms with Gasteiger partial charge in [0.25, 0.3) is 0 Å². The molecular formula is C17H21N3O2. The Morgan fingerprint density at radius 2 is 2.14 bits per heavy atom. The van der Waals surface area contributed by atoms with E-state index in [2.05, 4.69) is 27.3 Å². The quantitative estimate of drug-likeness (QED) is 0.903. The smallest absolute Gasteiger partial charge is 0.164 e. The third-order valence-corrected chi connectivity index (χ3v) is 4.10. The molecule has 5 heteroatoms. The molecule has 0 bridgehead atoms. The van der Waals surface area contributed by atoms with Gasteiger partial charge in [0.2, 0.25) is 0 Å². The van der Waals surface area contributed by atoms with Crippen molar-refractivity contribution in [1.82, 2.24) is 15.2 Å². The van der Waals surface area contributed by atoms with Crippen molar-refractivity contribution in [1.29, 1.82) is 0 Å². The molecule has 1 saturated heterocycles. The molecule has 1 unspecified atom stereocenters. The number of para-hydroxylation sites is 1. The van der Waals surface area contributed by atoms with Gasteiger partial charge in [0, 0.05) is 50.2 Å². The Labute approximate surface area is 130 Å². The first-order valence-corrected chi connectivity index (χ1v) is 7.49. The molecule has 22 heavy (non-hydrogen) atoms. The normalized spacial score (nSPS) is 19.0. The van der Waals surface area contributed by atoms with Crippen molar-refractivity contribution >= 4 is 0 Å². The zero-order valence-corrected chi connectivity index (χ0v) is 12.7. The molecule has 116 valence electrons. The number of hydrogen-bond acceptors (Lipinski definition) is 5. The molecule has 0 saturated carbocycles. The van der Waals surface area contributed by atoms with Crippen LogP contribution in [-0.4, -0.2) is 41.7 Å². The number of aromatic hydroxyl groups is 1. The van der Waals surface area contributed by atoms with Gasteiger partial charge in [-0.15, -0.1) is 0 Å². The predicted molar refractivity (Wildman–Crippen MR) is 84.9 cm³/mol. The van der Waals surface area contributed by atoms with Gasteiger partial charge in [-0.25, -0.2) is 0 Å². The molecule has 1 aliphatic heterocycles. The summed E-state index contributed by atoms with van der Waals surface area (Å²) in [7, 11) is 1.59. The van der Waals surface area contributed by atoms with Crippen LogP contribution in [0.1, 0.15) is 17.2 Å². The van der Waals surface area contributed by atoms with Crippen molar-refractivity contribution in [2.45, 2.75) is 12.6 Å². The van der Waals surface area contributed by atoms with E-state index >= 15 is 0 Å². The molecule has 1 aliphatic rings. The van der Waals surface area contributed by atoms with Crippen molar-refractivity contribution in [3.05, 3.63) is 53.9 Å². The molecule has 2 N–H and O–H groups in total. The molecule has 1 aromatic carbocycles. The van der Waals surface area contributed by atoms with Crippen LogP contribution < -0.4 is 10.1 Å². The Balaban J connectivity index is 1.85. The molecular weight excluding hydrogens is 278 g/mol. The maximum atomic E-state index is 9.94. The summed E-state index contributed by atoms with van der Waals surface area (Å²) in [5.41, 5.74) is 2.25. The molecule has 3 rings (SSSR count). The second-order valence-electron chi connectivity index (χ2n) is 5.44. The average molecular weight is 299 g/mol. The van der Waals surface area contributed by atoms with Gasteiger partial charge < -0.3 is 15.2 Å². The fourth-order valence-electron chi connectivity index (χ4n) is 3.00. The number of piperazine rings is 1. The second-order valence-corrected chi connectivity index (χ2v) is 5.44. The van der Waals surface area contributed by atoms with Crippen LogP contribution in [-0.2, 0) is 6.54 Å². The third-order valence-electron chi connectivity index (χ3n) is 4.10. The summed E-state index contributed by atoms with van der Waals surface area (Å²) >= 11 is 0. The standard InChI is InChI=1S/C17H21N3O2/c1-22-17-14(3-2-4-16(17)21)12-20-10-9-19-11-15(20)13-5-7-18-8-6-13/h2-8,15,19,21H,9-12H2,1H3. The minimum Gasteiger partial charge on any atom is -0.504 e. The predicted octanol–water partition coefficient (Wildman–Crippen LogP) is 1.94. The third kappa shape index (κ3) is 3.05. The number of phenols is 1. The highest BCUT2D eigenvalue weighted by atomic mass is 16.5. The monoisotopic (exact) mass is 299 g/mol. The Morgan fingerprint density at radius 1 is 1.32 bits per heavy atom. The average Bonchev–Trinajstić information content (AvgIpc) is 2.56. The summed E-state index contributed by atoms with van der Waals surface area (Å²) in [5, 5.41) is 13.4. The number of nitrogens with one attached hydrogen (secondary N) is 1. The number of ether oxygens (including phenoxy) is 1. The van der Waals surface area contributed by atoms with Crippen LogP contribution in [0.4, 0.5) is 0 Å². The van der Waals surface area contributed by atoms with Crippen LogP contribution >= 0.6 is 0 Å². The lowest BCUT2D eigenvalue weighted by molar-refractivity contribution is 0.152. The van der Waals surface area contributed by atoms with Crippen molar-refractivity contribution in [2.75, 3.05) is 26.7 Å². The van der Waals surface area contributed by atoms with E-state index in [9.17, 15) is 5.11 Å². The zero-order valence-electron chi connectivity index (χ0n) is 12.7. The van der Waals surface area contributed by atoms with E-state index in [-0.39, 0.29) is 5.75 Å². The molecule has 0 amide bonds. The molecule has 5 nitrogen and oxygen atoms in total. The Morgan fingerprint density at radius 3 is 2.91 bits per heavy atom. The largest absolute Gasteiger partial charge is 0.504 e. The zero-order chi connectivity index (χ0) is 15.4. The summed E-state index contributed by atoms with van der Waals surface area (Å²) < 4.78 is 5.36. The van der Waals surface area contributed by atoms with Gasteiger partial charge in [-0.2, -0.15) is 0 Å². The summed E-state index contributed by atoms with van der Waals surface area (Å²) in [6.07, 6.45) is 3.66. The van der Waals surface area contributed by atoms with Gasteiger partial charge >= 0.3 is 0 Å². The minimum atomic E-state index is 0.190. The molecule has 1 atom stereocenters. The van der Waals surface area contributed by atoms with E-state index in [4.69, 9.17) is 4.74 Å². The Bertz CT molecular complexity index is 619. The lowest BCUT2D eigenvalue weighted by Crippen LogP contribution is -2.45. The topological polar surface area (TPSA) is 57.6 Å². The van der Waals surface area contributed by atoms with Crippen LogP contribution in [0.2, 0.25) is 0 Å².